The highest BCUT2D eigenvalue weighted by Gasteiger charge is 2.12. The van der Waals surface area contributed by atoms with Gasteiger partial charge in [0, 0.05) is 36.7 Å². The van der Waals surface area contributed by atoms with Crippen molar-refractivity contribution in [2.24, 2.45) is 0 Å². The second-order valence-electron chi connectivity index (χ2n) is 6.18. The van der Waals surface area contributed by atoms with Crippen LogP contribution in [0.5, 0.6) is 0 Å². The second-order valence-corrected chi connectivity index (χ2v) is 6.18. The standard InChI is InChI=1S/C20H23N5O/c1-15-19(13-23-20(26)22-12-17-8-10-21-11-9-17)16(2)25(24-15)14-18-6-4-3-5-7-18/h3-11H,12-14H2,1-2H3,(H2,22,23,26). The molecule has 0 saturated heterocycles. The molecule has 0 radical (unpaired) electrons. The molecule has 3 aromatic rings. The highest BCUT2D eigenvalue weighted by molar-refractivity contribution is 5.73. The Morgan fingerprint density at radius 3 is 2.38 bits per heavy atom. The van der Waals surface area contributed by atoms with Gasteiger partial charge in [-0.05, 0) is 37.1 Å². The van der Waals surface area contributed by atoms with E-state index >= 15 is 0 Å². The Hall–Kier alpha value is -3.15. The van der Waals surface area contributed by atoms with Gasteiger partial charge in [-0.1, -0.05) is 30.3 Å². The Morgan fingerprint density at radius 2 is 1.65 bits per heavy atom. The zero-order valence-corrected chi connectivity index (χ0v) is 15.1. The SMILES string of the molecule is Cc1nn(Cc2ccccc2)c(C)c1CNC(=O)NCc1ccncc1. The summed E-state index contributed by atoms with van der Waals surface area (Å²) in [4.78, 5) is 16.0. The first-order valence-electron chi connectivity index (χ1n) is 8.61. The van der Waals surface area contributed by atoms with Crippen molar-refractivity contribution in [1.29, 1.82) is 0 Å². The Morgan fingerprint density at radius 1 is 0.962 bits per heavy atom. The molecular weight excluding hydrogens is 326 g/mol. The van der Waals surface area contributed by atoms with Gasteiger partial charge in [0.1, 0.15) is 0 Å². The van der Waals surface area contributed by atoms with Gasteiger partial charge < -0.3 is 10.6 Å². The number of hydrogen-bond donors (Lipinski definition) is 2. The van der Waals surface area contributed by atoms with Crippen LogP contribution in [0.4, 0.5) is 4.79 Å². The van der Waals surface area contributed by atoms with Crippen LogP contribution in [0, 0.1) is 13.8 Å². The van der Waals surface area contributed by atoms with Gasteiger partial charge in [0.15, 0.2) is 0 Å². The van der Waals surface area contributed by atoms with Crippen LogP contribution >= 0.6 is 0 Å². The van der Waals surface area contributed by atoms with Gasteiger partial charge in [-0.25, -0.2) is 4.79 Å². The van der Waals surface area contributed by atoms with Crippen molar-refractivity contribution < 1.29 is 4.79 Å². The van der Waals surface area contributed by atoms with E-state index in [1.54, 1.807) is 12.4 Å². The largest absolute Gasteiger partial charge is 0.334 e. The van der Waals surface area contributed by atoms with Crippen LogP contribution in [0.15, 0.2) is 54.9 Å². The van der Waals surface area contributed by atoms with Crippen molar-refractivity contribution in [2.45, 2.75) is 33.5 Å². The van der Waals surface area contributed by atoms with Gasteiger partial charge in [0.05, 0.1) is 12.2 Å². The molecule has 26 heavy (non-hydrogen) atoms. The van der Waals surface area contributed by atoms with E-state index in [0.29, 0.717) is 13.1 Å². The fraction of sp³-hybridized carbons (Fsp3) is 0.250. The van der Waals surface area contributed by atoms with Gasteiger partial charge in [0.2, 0.25) is 0 Å². The predicted molar refractivity (Wildman–Crippen MR) is 101 cm³/mol. The third kappa shape index (κ3) is 4.47. The average Bonchev–Trinajstić information content (AvgIpc) is 2.93. The zero-order chi connectivity index (χ0) is 18.4. The molecular formula is C20H23N5O. The van der Waals surface area contributed by atoms with Crippen LogP contribution in [-0.4, -0.2) is 20.8 Å². The molecule has 1 aromatic carbocycles. The summed E-state index contributed by atoms with van der Waals surface area (Å²) in [7, 11) is 0. The Balaban J connectivity index is 1.57. The minimum atomic E-state index is -0.198. The maximum Gasteiger partial charge on any atom is 0.315 e. The molecule has 2 aromatic heterocycles. The van der Waals surface area contributed by atoms with Crippen molar-refractivity contribution in [3.63, 3.8) is 0 Å². The van der Waals surface area contributed by atoms with Crippen molar-refractivity contribution in [3.8, 4) is 0 Å². The molecule has 0 spiro atoms. The van der Waals surface area contributed by atoms with Crippen LogP contribution in [0.25, 0.3) is 0 Å². The molecule has 2 N–H and O–H groups in total. The van der Waals surface area contributed by atoms with Gasteiger partial charge in [-0.15, -0.1) is 0 Å². The molecule has 0 bridgehead atoms. The summed E-state index contributed by atoms with van der Waals surface area (Å²) in [5, 5.41) is 10.4. The van der Waals surface area contributed by atoms with E-state index < -0.39 is 0 Å². The number of hydrogen-bond acceptors (Lipinski definition) is 3. The van der Waals surface area contributed by atoms with E-state index in [-0.39, 0.29) is 6.03 Å². The van der Waals surface area contributed by atoms with E-state index in [1.807, 2.05) is 48.9 Å². The number of carbonyl (C=O) groups is 1. The molecule has 6 nitrogen and oxygen atoms in total. The second kappa shape index (κ2) is 8.29. The van der Waals surface area contributed by atoms with E-state index in [0.717, 1.165) is 29.1 Å². The van der Waals surface area contributed by atoms with Crippen LogP contribution in [-0.2, 0) is 19.6 Å². The molecule has 0 atom stereocenters. The Kier molecular flexibility index (Phi) is 5.63. The summed E-state index contributed by atoms with van der Waals surface area (Å²) < 4.78 is 1.98. The topological polar surface area (TPSA) is 71.8 Å². The smallest absolute Gasteiger partial charge is 0.315 e. The van der Waals surface area contributed by atoms with Crippen LogP contribution in [0.3, 0.4) is 0 Å². The normalized spacial score (nSPS) is 10.5. The van der Waals surface area contributed by atoms with Crippen molar-refractivity contribution in [1.82, 2.24) is 25.4 Å². The Bertz CT molecular complexity index is 859. The number of carbonyl (C=O) groups excluding carboxylic acids is 1. The summed E-state index contributed by atoms with van der Waals surface area (Å²) in [6.45, 7) is 5.66. The number of aryl methyl sites for hydroxylation is 1. The van der Waals surface area contributed by atoms with E-state index in [4.69, 9.17) is 0 Å². The van der Waals surface area contributed by atoms with Crippen LogP contribution < -0.4 is 10.6 Å². The first-order valence-corrected chi connectivity index (χ1v) is 8.61. The lowest BCUT2D eigenvalue weighted by Gasteiger charge is -2.09. The summed E-state index contributed by atoms with van der Waals surface area (Å²) in [6.07, 6.45) is 3.42. The molecule has 0 fully saturated rings. The lowest BCUT2D eigenvalue weighted by atomic mass is 10.2. The number of aromatic nitrogens is 3. The highest BCUT2D eigenvalue weighted by atomic mass is 16.2. The first-order chi connectivity index (χ1) is 12.6. The molecule has 0 unspecified atom stereocenters. The summed E-state index contributed by atoms with van der Waals surface area (Å²) in [5.74, 6) is 0. The summed E-state index contributed by atoms with van der Waals surface area (Å²) >= 11 is 0. The number of urea groups is 1. The molecule has 6 heteroatoms. The van der Waals surface area contributed by atoms with Gasteiger partial charge in [0.25, 0.3) is 0 Å². The van der Waals surface area contributed by atoms with Gasteiger partial charge in [-0.2, -0.15) is 5.10 Å². The number of pyridine rings is 1. The molecule has 0 aliphatic rings. The Labute approximate surface area is 153 Å². The van der Waals surface area contributed by atoms with Gasteiger partial charge >= 0.3 is 6.03 Å². The fourth-order valence-electron chi connectivity index (χ4n) is 2.81. The molecule has 3 rings (SSSR count). The number of amides is 2. The quantitative estimate of drug-likeness (QED) is 0.719. The predicted octanol–water partition coefficient (Wildman–Crippen LogP) is 2.94. The number of nitrogens with one attached hydrogen (secondary N) is 2. The molecule has 134 valence electrons. The minimum absolute atomic E-state index is 0.198. The lowest BCUT2D eigenvalue weighted by molar-refractivity contribution is 0.240. The average molecular weight is 349 g/mol. The summed E-state index contributed by atoms with van der Waals surface area (Å²) in [5.41, 5.74) is 5.28. The zero-order valence-electron chi connectivity index (χ0n) is 15.1. The molecule has 0 aliphatic heterocycles. The molecule has 0 saturated carbocycles. The highest BCUT2D eigenvalue weighted by Crippen LogP contribution is 2.14. The monoisotopic (exact) mass is 349 g/mol. The maximum atomic E-state index is 12.0. The summed E-state index contributed by atoms with van der Waals surface area (Å²) in [6, 6.07) is 13.8. The van der Waals surface area contributed by atoms with Crippen molar-refractivity contribution >= 4 is 6.03 Å². The maximum absolute atomic E-state index is 12.0. The van der Waals surface area contributed by atoms with E-state index in [9.17, 15) is 4.79 Å². The van der Waals surface area contributed by atoms with Crippen molar-refractivity contribution in [3.05, 3.63) is 82.9 Å². The van der Waals surface area contributed by atoms with E-state index in [1.165, 1.54) is 5.56 Å². The minimum Gasteiger partial charge on any atom is -0.334 e. The van der Waals surface area contributed by atoms with Crippen molar-refractivity contribution in [2.75, 3.05) is 0 Å². The fourth-order valence-corrected chi connectivity index (χ4v) is 2.81. The first kappa shape index (κ1) is 17.7. The third-order valence-electron chi connectivity index (χ3n) is 4.33. The van der Waals surface area contributed by atoms with E-state index in [2.05, 4.69) is 32.8 Å². The van der Waals surface area contributed by atoms with Gasteiger partial charge in [-0.3, -0.25) is 9.67 Å². The van der Waals surface area contributed by atoms with Crippen LogP contribution in [0.1, 0.15) is 28.1 Å². The third-order valence-corrected chi connectivity index (χ3v) is 4.33. The van der Waals surface area contributed by atoms with Crippen LogP contribution in [0.2, 0.25) is 0 Å². The molecule has 2 amide bonds. The number of rotatable bonds is 6. The molecule has 0 aliphatic carbocycles. The number of nitrogens with zero attached hydrogens (tertiary/aromatic N) is 3. The lowest BCUT2D eigenvalue weighted by Crippen LogP contribution is -2.34. The molecule has 2 heterocycles. The number of benzene rings is 1.